The average Bonchev–Trinajstić information content (AvgIpc) is 2.66. The summed E-state index contributed by atoms with van der Waals surface area (Å²) in [6.45, 7) is 10.2. The molecular formula is C23H29F3N4O2. The first-order valence-electron chi connectivity index (χ1n) is 10.8. The minimum absolute atomic E-state index is 0.201. The molecule has 174 valence electrons. The molecule has 1 aliphatic rings. The number of benzene rings is 1. The Labute approximate surface area is 185 Å². The number of carbonyl (C=O) groups is 1. The molecule has 2 aromatic rings. The molecule has 9 heteroatoms. The summed E-state index contributed by atoms with van der Waals surface area (Å²) in [4.78, 5) is 27.5. The molecule has 0 unspecified atom stereocenters. The first-order chi connectivity index (χ1) is 15.0. The summed E-state index contributed by atoms with van der Waals surface area (Å²) in [7, 11) is 0. The number of carbonyl (C=O) groups excluding carboxylic acids is 1. The molecule has 0 bridgehead atoms. The van der Waals surface area contributed by atoms with Gasteiger partial charge in [-0.25, -0.2) is 4.68 Å². The van der Waals surface area contributed by atoms with Gasteiger partial charge in [-0.3, -0.25) is 9.59 Å². The molecule has 0 saturated carbocycles. The molecule has 32 heavy (non-hydrogen) atoms. The van der Waals surface area contributed by atoms with E-state index in [1.165, 1.54) is 31.5 Å². The molecule has 6 nitrogen and oxygen atoms in total. The number of likely N-dealkylation sites (tertiary alicyclic amines) is 1. The number of aryl methyl sites for hydroxylation is 1. The van der Waals surface area contributed by atoms with Gasteiger partial charge < -0.3 is 10.2 Å². The highest BCUT2D eigenvalue weighted by molar-refractivity contribution is 5.92. The predicted octanol–water partition coefficient (Wildman–Crippen LogP) is 3.66. The topological polar surface area (TPSA) is 67.2 Å². The highest BCUT2D eigenvalue weighted by atomic mass is 19.4. The van der Waals surface area contributed by atoms with Crippen LogP contribution in [-0.4, -0.2) is 46.3 Å². The van der Waals surface area contributed by atoms with Crippen LogP contribution in [0.15, 0.2) is 35.1 Å². The minimum Gasteiger partial charge on any atom is -0.347 e. The molecule has 1 aromatic carbocycles. The zero-order valence-electron chi connectivity index (χ0n) is 18.7. The van der Waals surface area contributed by atoms with Crippen molar-refractivity contribution in [2.45, 2.75) is 46.3 Å². The number of amides is 1. The lowest BCUT2D eigenvalue weighted by Crippen LogP contribution is -2.47. The van der Waals surface area contributed by atoms with Crippen LogP contribution in [-0.2, 0) is 6.18 Å². The van der Waals surface area contributed by atoms with Crippen LogP contribution in [0.3, 0.4) is 0 Å². The highest BCUT2D eigenvalue weighted by Crippen LogP contribution is 2.33. The van der Waals surface area contributed by atoms with Crippen molar-refractivity contribution in [1.29, 1.82) is 0 Å². The van der Waals surface area contributed by atoms with Gasteiger partial charge in [0, 0.05) is 37.4 Å². The Morgan fingerprint density at radius 3 is 2.47 bits per heavy atom. The number of hydrogen-bond acceptors (Lipinski definition) is 4. The summed E-state index contributed by atoms with van der Waals surface area (Å²) in [6, 6.07) is 5.81. The maximum atomic E-state index is 13.5. The van der Waals surface area contributed by atoms with Crippen LogP contribution in [0.25, 0.3) is 5.69 Å². The van der Waals surface area contributed by atoms with E-state index in [0.29, 0.717) is 18.4 Å². The third kappa shape index (κ3) is 5.56. The van der Waals surface area contributed by atoms with Gasteiger partial charge in [0.15, 0.2) is 5.69 Å². The van der Waals surface area contributed by atoms with Crippen LogP contribution in [0.2, 0.25) is 0 Å². The van der Waals surface area contributed by atoms with Gasteiger partial charge in [0.05, 0.1) is 11.3 Å². The van der Waals surface area contributed by atoms with E-state index in [1.807, 2.05) is 6.92 Å². The number of nitrogens with one attached hydrogen (secondary N) is 1. The van der Waals surface area contributed by atoms with Gasteiger partial charge in [-0.15, -0.1) is 0 Å². The number of alkyl halides is 3. The lowest BCUT2D eigenvalue weighted by atomic mass is 9.92. The largest absolute Gasteiger partial charge is 0.418 e. The molecule has 2 heterocycles. The Bertz CT molecular complexity index is 1020. The molecular weight excluding hydrogens is 421 g/mol. The summed E-state index contributed by atoms with van der Waals surface area (Å²) in [5, 5.41) is 6.80. The van der Waals surface area contributed by atoms with Gasteiger partial charge in [0.2, 0.25) is 5.43 Å². The second kappa shape index (κ2) is 9.44. The van der Waals surface area contributed by atoms with E-state index >= 15 is 0 Å². The molecule has 0 radical (unpaired) electrons. The van der Waals surface area contributed by atoms with Gasteiger partial charge in [0.1, 0.15) is 0 Å². The first kappa shape index (κ1) is 24.0. The smallest absolute Gasteiger partial charge is 0.347 e. The van der Waals surface area contributed by atoms with Gasteiger partial charge >= 0.3 is 6.18 Å². The Morgan fingerprint density at radius 1 is 1.22 bits per heavy atom. The molecule has 0 spiro atoms. The number of hydrogen-bond donors (Lipinski definition) is 1. The summed E-state index contributed by atoms with van der Waals surface area (Å²) in [6.07, 6.45) is -3.43. The van der Waals surface area contributed by atoms with E-state index in [-0.39, 0.29) is 17.4 Å². The van der Waals surface area contributed by atoms with Crippen LogP contribution in [0.1, 0.15) is 48.9 Å². The average molecular weight is 451 g/mol. The van der Waals surface area contributed by atoms with E-state index in [1.54, 1.807) is 0 Å². The van der Waals surface area contributed by atoms with Crippen molar-refractivity contribution in [2.24, 2.45) is 11.8 Å². The van der Waals surface area contributed by atoms with E-state index in [0.717, 1.165) is 29.9 Å². The standard InChI is InChI=1S/C23H29F3N4O2/c1-14-9-15(2)12-29(11-14)13-16(3)27-22(32)21-20(31)10-17(4)30(28-21)19-8-6-5-7-18(19)23(24,25)26/h5-8,10,14-16H,9,11-13H2,1-4H3,(H,27,32)/t14-,15-,16-/m0/s1. The van der Waals surface area contributed by atoms with Gasteiger partial charge in [-0.1, -0.05) is 26.0 Å². The van der Waals surface area contributed by atoms with Crippen LogP contribution < -0.4 is 10.7 Å². The Kier molecular flexibility index (Phi) is 7.07. The summed E-state index contributed by atoms with van der Waals surface area (Å²) >= 11 is 0. The van der Waals surface area contributed by atoms with Crippen molar-refractivity contribution in [1.82, 2.24) is 20.0 Å². The quantitative estimate of drug-likeness (QED) is 0.755. The second-order valence-electron chi connectivity index (χ2n) is 8.96. The van der Waals surface area contributed by atoms with E-state index in [9.17, 15) is 22.8 Å². The Hall–Kier alpha value is -2.68. The third-order valence-corrected chi connectivity index (χ3v) is 5.61. The number of para-hydroxylation sites is 1. The summed E-state index contributed by atoms with van der Waals surface area (Å²) < 4.78 is 41.4. The maximum Gasteiger partial charge on any atom is 0.418 e. The summed E-state index contributed by atoms with van der Waals surface area (Å²) in [5.41, 5.74) is -2.00. The van der Waals surface area contributed by atoms with Crippen molar-refractivity contribution in [3.05, 3.63) is 57.5 Å². The molecule has 1 aromatic heterocycles. The minimum atomic E-state index is -4.60. The highest BCUT2D eigenvalue weighted by Gasteiger charge is 2.34. The normalized spacial score (nSPS) is 20.7. The van der Waals surface area contributed by atoms with Crippen molar-refractivity contribution >= 4 is 5.91 Å². The molecule has 1 N–H and O–H groups in total. The molecule has 0 aliphatic carbocycles. The van der Waals surface area contributed by atoms with Crippen molar-refractivity contribution in [3.63, 3.8) is 0 Å². The second-order valence-corrected chi connectivity index (χ2v) is 8.96. The number of rotatable bonds is 5. The van der Waals surface area contributed by atoms with Gasteiger partial charge in [0.25, 0.3) is 5.91 Å². The van der Waals surface area contributed by atoms with E-state index < -0.39 is 28.8 Å². The molecule has 1 saturated heterocycles. The van der Waals surface area contributed by atoms with Crippen molar-refractivity contribution in [3.8, 4) is 5.69 Å². The maximum absolute atomic E-state index is 13.5. The lowest BCUT2D eigenvalue weighted by Gasteiger charge is -2.36. The number of piperidine rings is 1. The first-order valence-corrected chi connectivity index (χ1v) is 10.8. The SMILES string of the molecule is Cc1cc(=O)c(C(=O)N[C@@H](C)CN2C[C@@H](C)C[C@H](C)C2)nn1-c1ccccc1C(F)(F)F. The Morgan fingerprint density at radius 2 is 1.84 bits per heavy atom. The van der Waals surface area contributed by atoms with Crippen LogP contribution >= 0.6 is 0 Å². The monoisotopic (exact) mass is 450 g/mol. The van der Waals surface area contributed by atoms with Crippen LogP contribution in [0.5, 0.6) is 0 Å². The van der Waals surface area contributed by atoms with E-state index in [4.69, 9.17) is 0 Å². The zero-order valence-corrected chi connectivity index (χ0v) is 18.7. The van der Waals surface area contributed by atoms with Crippen LogP contribution in [0.4, 0.5) is 13.2 Å². The van der Waals surface area contributed by atoms with E-state index in [2.05, 4.69) is 29.2 Å². The molecule has 1 aliphatic heterocycles. The summed E-state index contributed by atoms with van der Waals surface area (Å²) in [5.74, 6) is 0.446. The lowest BCUT2D eigenvalue weighted by molar-refractivity contribution is -0.137. The molecule has 1 amide bonds. The molecule has 3 rings (SSSR count). The zero-order chi connectivity index (χ0) is 23.6. The fourth-order valence-electron chi connectivity index (χ4n) is 4.51. The number of halogens is 3. The van der Waals surface area contributed by atoms with Crippen molar-refractivity contribution < 1.29 is 18.0 Å². The molecule has 3 atom stereocenters. The number of aromatic nitrogens is 2. The van der Waals surface area contributed by atoms with Gasteiger partial charge in [-0.2, -0.15) is 18.3 Å². The Balaban J connectivity index is 1.83. The molecule has 1 fully saturated rings. The van der Waals surface area contributed by atoms with Gasteiger partial charge in [-0.05, 0) is 44.2 Å². The van der Waals surface area contributed by atoms with Crippen LogP contribution in [0, 0.1) is 18.8 Å². The number of nitrogens with zero attached hydrogens (tertiary/aromatic N) is 3. The van der Waals surface area contributed by atoms with Crippen molar-refractivity contribution in [2.75, 3.05) is 19.6 Å². The predicted molar refractivity (Wildman–Crippen MR) is 116 cm³/mol. The fraction of sp³-hybridized carbons (Fsp3) is 0.522. The third-order valence-electron chi connectivity index (χ3n) is 5.61. The fourth-order valence-corrected chi connectivity index (χ4v) is 4.51.